The van der Waals surface area contributed by atoms with Crippen LogP contribution in [0.4, 0.5) is 5.69 Å². The van der Waals surface area contributed by atoms with Crippen molar-refractivity contribution in [2.24, 2.45) is 0 Å². The summed E-state index contributed by atoms with van der Waals surface area (Å²) in [4.78, 5) is 28.6. The van der Waals surface area contributed by atoms with E-state index in [0.29, 0.717) is 23.7 Å². The Hall–Kier alpha value is -2.89. The van der Waals surface area contributed by atoms with Gasteiger partial charge in [0.25, 0.3) is 0 Å². The highest BCUT2D eigenvalue weighted by molar-refractivity contribution is 5.92. The predicted molar refractivity (Wildman–Crippen MR) is 86.2 cm³/mol. The molecule has 0 spiro atoms. The minimum Gasteiger partial charge on any atom is -0.477 e. The number of carbonyl (C=O) groups is 2. The topological polar surface area (TPSA) is 79.7 Å². The van der Waals surface area contributed by atoms with Gasteiger partial charge >= 0.3 is 5.97 Å². The van der Waals surface area contributed by atoms with Gasteiger partial charge in [-0.2, -0.15) is 0 Å². The van der Waals surface area contributed by atoms with Gasteiger partial charge in [-0.3, -0.25) is 4.79 Å². The minimum atomic E-state index is -1.11. The first-order chi connectivity index (χ1) is 10.9. The Morgan fingerprint density at radius 1 is 1.26 bits per heavy atom. The van der Waals surface area contributed by atoms with Gasteiger partial charge in [-0.05, 0) is 38.1 Å². The van der Waals surface area contributed by atoms with E-state index in [4.69, 9.17) is 4.74 Å². The summed E-state index contributed by atoms with van der Waals surface area (Å²) in [6.07, 6.45) is 0. The van der Waals surface area contributed by atoms with Crippen LogP contribution in [0.2, 0.25) is 0 Å². The van der Waals surface area contributed by atoms with E-state index in [0.717, 1.165) is 0 Å². The Kier molecular flexibility index (Phi) is 4.95. The van der Waals surface area contributed by atoms with Crippen molar-refractivity contribution in [3.8, 4) is 11.6 Å². The Morgan fingerprint density at radius 3 is 2.61 bits per heavy atom. The molecule has 0 radical (unpaired) electrons. The number of amides is 1. The summed E-state index contributed by atoms with van der Waals surface area (Å²) in [6.45, 7) is 5.65. The third kappa shape index (κ3) is 3.85. The number of aromatic carboxylic acids is 1. The molecule has 1 heterocycles. The third-order valence-corrected chi connectivity index (χ3v) is 3.27. The van der Waals surface area contributed by atoms with Crippen LogP contribution in [-0.2, 0) is 4.79 Å². The van der Waals surface area contributed by atoms with Crippen molar-refractivity contribution >= 4 is 17.6 Å². The normalized spacial score (nSPS) is 10.2. The SMILES string of the molecule is CCN(C(C)=O)c1cccc(Oc2nc(C)ccc2C(=O)O)c1. The van der Waals surface area contributed by atoms with Gasteiger partial charge in [0.05, 0.1) is 0 Å². The molecule has 1 N–H and O–H groups in total. The molecule has 1 aromatic carbocycles. The van der Waals surface area contributed by atoms with Gasteiger partial charge in [0.1, 0.15) is 11.3 Å². The van der Waals surface area contributed by atoms with Gasteiger partial charge in [0, 0.05) is 30.9 Å². The van der Waals surface area contributed by atoms with Crippen LogP contribution < -0.4 is 9.64 Å². The summed E-state index contributed by atoms with van der Waals surface area (Å²) < 4.78 is 5.64. The van der Waals surface area contributed by atoms with E-state index in [1.807, 2.05) is 6.92 Å². The summed E-state index contributed by atoms with van der Waals surface area (Å²) in [5, 5.41) is 9.22. The van der Waals surface area contributed by atoms with Crippen LogP contribution in [0.3, 0.4) is 0 Å². The maximum absolute atomic E-state index is 11.6. The lowest BCUT2D eigenvalue weighted by Crippen LogP contribution is -2.27. The molecule has 6 nitrogen and oxygen atoms in total. The first-order valence-electron chi connectivity index (χ1n) is 7.19. The number of ether oxygens (including phenoxy) is 1. The minimum absolute atomic E-state index is 0.0140. The second kappa shape index (κ2) is 6.91. The molecule has 0 fully saturated rings. The Balaban J connectivity index is 2.36. The average Bonchev–Trinajstić information content (AvgIpc) is 2.47. The number of benzene rings is 1. The van der Waals surface area contributed by atoms with E-state index >= 15 is 0 Å². The fourth-order valence-corrected chi connectivity index (χ4v) is 2.19. The number of pyridine rings is 1. The Labute approximate surface area is 134 Å². The molecule has 2 aromatic rings. The van der Waals surface area contributed by atoms with Gasteiger partial charge in [-0.25, -0.2) is 9.78 Å². The lowest BCUT2D eigenvalue weighted by molar-refractivity contribution is -0.116. The van der Waals surface area contributed by atoms with E-state index in [1.165, 1.54) is 13.0 Å². The zero-order chi connectivity index (χ0) is 17.0. The number of hydrogen-bond acceptors (Lipinski definition) is 4. The monoisotopic (exact) mass is 314 g/mol. The van der Waals surface area contributed by atoms with Crippen molar-refractivity contribution in [1.29, 1.82) is 0 Å². The number of anilines is 1. The second-order valence-electron chi connectivity index (χ2n) is 4.97. The third-order valence-electron chi connectivity index (χ3n) is 3.27. The van der Waals surface area contributed by atoms with Gasteiger partial charge in [0.2, 0.25) is 11.8 Å². The highest BCUT2D eigenvalue weighted by atomic mass is 16.5. The molecule has 0 aliphatic rings. The fourth-order valence-electron chi connectivity index (χ4n) is 2.19. The van der Waals surface area contributed by atoms with Crippen molar-refractivity contribution in [2.45, 2.75) is 20.8 Å². The summed E-state index contributed by atoms with van der Waals surface area (Å²) >= 11 is 0. The van der Waals surface area contributed by atoms with Crippen LogP contribution in [0, 0.1) is 6.92 Å². The van der Waals surface area contributed by atoms with Crippen LogP contribution in [0.1, 0.15) is 29.9 Å². The molecule has 0 bridgehead atoms. The summed E-state index contributed by atoms with van der Waals surface area (Å²) in [7, 11) is 0. The lowest BCUT2D eigenvalue weighted by Gasteiger charge is -2.19. The van der Waals surface area contributed by atoms with E-state index in [9.17, 15) is 14.7 Å². The zero-order valence-electron chi connectivity index (χ0n) is 13.2. The van der Waals surface area contributed by atoms with Crippen LogP contribution in [0.15, 0.2) is 36.4 Å². The average molecular weight is 314 g/mol. The highest BCUT2D eigenvalue weighted by Crippen LogP contribution is 2.27. The smallest absolute Gasteiger partial charge is 0.341 e. The molecule has 0 aliphatic carbocycles. The van der Waals surface area contributed by atoms with Gasteiger partial charge in [0.15, 0.2) is 0 Å². The summed E-state index contributed by atoms with van der Waals surface area (Å²) in [5.74, 6) is -0.740. The first kappa shape index (κ1) is 16.5. The number of nitrogens with zero attached hydrogens (tertiary/aromatic N) is 2. The number of carboxylic acid groups (broad SMARTS) is 1. The Morgan fingerprint density at radius 2 is 2.00 bits per heavy atom. The van der Waals surface area contributed by atoms with E-state index in [1.54, 1.807) is 42.2 Å². The van der Waals surface area contributed by atoms with Crippen LogP contribution in [-0.4, -0.2) is 28.5 Å². The van der Waals surface area contributed by atoms with Gasteiger partial charge < -0.3 is 14.7 Å². The molecule has 23 heavy (non-hydrogen) atoms. The van der Waals surface area contributed by atoms with Gasteiger partial charge in [-0.1, -0.05) is 6.07 Å². The van der Waals surface area contributed by atoms with E-state index in [2.05, 4.69) is 4.98 Å². The molecule has 120 valence electrons. The number of carbonyl (C=O) groups excluding carboxylic acids is 1. The van der Waals surface area contributed by atoms with E-state index in [-0.39, 0.29) is 17.4 Å². The van der Waals surface area contributed by atoms with E-state index < -0.39 is 5.97 Å². The van der Waals surface area contributed by atoms with Crippen molar-refractivity contribution in [3.05, 3.63) is 47.7 Å². The maximum Gasteiger partial charge on any atom is 0.341 e. The largest absolute Gasteiger partial charge is 0.477 e. The fraction of sp³-hybridized carbons (Fsp3) is 0.235. The van der Waals surface area contributed by atoms with Crippen LogP contribution in [0.5, 0.6) is 11.6 Å². The van der Waals surface area contributed by atoms with Crippen molar-refractivity contribution in [1.82, 2.24) is 4.98 Å². The number of carboxylic acids is 1. The van der Waals surface area contributed by atoms with Crippen LogP contribution >= 0.6 is 0 Å². The summed E-state index contributed by atoms with van der Waals surface area (Å²) in [5.41, 5.74) is 1.32. The van der Waals surface area contributed by atoms with Crippen molar-refractivity contribution in [2.75, 3.05) is 11.4 Å². The van der Waals surface area contributed by atoms with Gasteiger partial charge in [-0.15, -0.1) is 0 Å². The lowest BCUT2D eigenvalue weighted by atomic mass is 10.2. The molecular weight excluding hydrogens is 296 g/mol. The number of aryl methyl sites for hydroxylation is 1. The van der Waals surface area contributed by atoms with Crippen LogP contribution in [0.25, 0.3) is 0 Å². The Bertz CT molecular complexity index is 743. The molecule has 0 unspecified atom stereocenters. The second-order valence-corrected chi connectivity index (χ2v) is 4.97. The molecule has 2 rings (SSSR count). The summed E-state index contributed by atoms with van der Waals surface area (Å²) in [6, 6.07) is 9.97. The molecule has 0 saturated carbocycles. The van der Waals surface area contributed by atoms with Crippen molar-refractivity contribution in [3.63, 3.8) is 0 Å². The maximum atomic E-state index is 11.6. The molecule has 0 aliphatic heterocycles. The van der Waals surface area contributed by atoms with Crippen molar-refractivity contribution < 1.29 is 19.4 Å². The molecule has 6 heteroatoms. The molecule has 1 amide bonds. The molecule has 0 saturated heterocycles. The highest BCUT2D eigenvalue weighted by Gasteiger charge is 2.15. The molecule has 1 aromatic heterocycles. The standard InChI is InChI=1S/C17H18N2O4/c1-4-19(12(3)20)13-6-5-7-14(10-13)23-16-15(17(21)22)9-8-11(2)18-16/h5-10H,4H2,1-3H3,(H,21,22). The quantitative estimate of drug-likeness (QED) is 0.916. The number of rotatable bonds is 5. The number of aromatic nitrogens is 1. The predicted octanol–water partition coefficient (Wildman–Crippen LogP) is 3.25. The molecular formula is C17H18N2O4. The first-order valence-corrected chi connectivity index (χ1v) is 7.19. The number of hydrogen-bond donors (Lipinski definition) is 1. The zero-order valence-corrected chi connectivity index (χ0v) is 13.2. The molecule has 0 atom stereocenters.